The topological polar surface area (TPSA) is 76.9 Å². The van der Waals surface area contributed by atoms with Crippen molar-refractivity contribution < 1.29 is 9.18 Å². The zero-order chi connectivity index (χ0) is 19.5. The molecule has 0 radical (unpaired) electrons. The number of aromatic nitrogens is 3. The molecular formula is C21H21FN4O2. The Labute approximate surface area is 161 Å². The number of carbonyl (C=O) groups excluding carboxylic acids is 1. The Morgan fingerprint density at radius 3 is 2.57 bits per heavy atom. The lowest BCUT2D eigenvalue weighted by molar-refractivity contribution is -0.121. The molecule has 0 unspecified atom stereocenters. The van der Waals surface area contributed by atoms with Crippen molar-refractivity contribution in [2.24, 2.45) is 11.8 Å². The number of carbonyl (C=O) groups is 1. The van der Waals surface area contributed by atoms with E-state index in [0.717, 1.165) is 12.8 Å². The summed E-state index contributed by atoms with van der Waals surface area (Å²) in [5, 5.41) is 11.4. The molecule has 0 spiro atoms. The van der Waals surface area contributed by atoms with E-state index in [0.29, 0.717) is 30.3 Å². The number of para-hydroxylation sites is 1. The van der Waals surface area contributed by atoms with Crippen molar-refractivity contribution in [3.05, 3.63) is 64.7 Å². The zero-order valence-electron chi connectivity index (χ0n) is 15.3. The van der Waals surface area contributed by atoms with Gasteiger partial charge in [-0.05, 0) is 55.9 Å². The van der Waals surface area contributed by atoms with E-state index in [9.17, 15) is 14.0 Å². The van der Waals surface area contributed by atoms with Crippen LogP contribution in [0.25, 0.3) is 10.9 Å². The number of anilines is 1. The molecule has 7 heteroatoms. The third kappa shape index (κ3) is 3.78. The lowest BCUT2D eigenvalue weighted by Gasteiger charge is -2.27. The molecular weight excluding hydrogens is 359 g/mol. The predicted molar refractivity (Wildman–Crippen MR) is 104 cm³/mol. The van der Waals surface area contributed by atoms with E-state index in [1.807, 2.05) is 12.1 Å². The van der Waals surface area contributed by atoms with Crippen LogP contribution >= 0.6 is 0 Å². The fourth-order valence-corrected chi connectivity index (χ4v) is 3.79. The monoisotopic (exact) mass is 380 g/mol. The number of nitrogens with zero attached hydrogens (tertiary/aromatic N) is 3. The fraction of sp³-hybridized carbons (Fsp3) is 0.333. The third-order valence-electron chi connectivity index (χ3n) is 5.41. The van der Waals surface area contributed by atoms with Gasteiger partial charge in [0.2, 0.25) is 5.91 Å². The Hall–Kier alpha value is -3.09. The van der Waals surface area contributed by atoms with Gasteiger partial charge in [-0.3, -0.25) is 9.59 Å². The van der Waals surface area contributed by atoms with Crippen LogP contribution in [0, 0.1) is 17.7 Å². The summed E-state index contributed by atoms with van der Waals surface area (Å²) in [6.07, 6.45) is 3.05. The summed E-state index contributed by atoms with van der Waals surface area (Å²) < 4.78 is 15.1. The van der Waals surface area contributed by atoms with Crippen LogP contribution in [-0.4, -0.2) is 20.9 Å². The maximum absolute atomic E-state index is 13.7. The number of nitrogens with one attached hydrogen (secondary N) is 1. The average Bonchev–Trinajstić information content (AvgIpc) is 2.72. The van der Waals surface area contributed by atoms with Crippen LogP contribution in [0.4, 0.5) is 10.1 Å². The Balaban J connectivity index is 1.37. The first-order chi connectivity index (χ1) is 13.6. The van der Waals surface area contributed by atoms with Crippen LogP contribution < -0.4 is 10.9 Å². The highest BCUT2D eigenvalue weighted by molar-refractivity contribution is 5.92. The highest BCUT2D eigenvalue weighted by atomic mass is 19.1. The summed E-state index contributed by atoms with van der Waals surface area (Å²) in [5.74, 6) is -0.453. The van der Waals surface area contributed by atoms with E-state index in [1.165, 1.54) is 10.7 Å². The lowest BCUT2D eigenvalue weighted by Crippen LogP contribution is -2.32. The van der Waals surface area contributed by atoms with Gasteiger partial charge in [-0.15, -0.1) is 5.10 Å². The molecule has 144 valence electrons. The van der Waals surface area contributed by atoms with Crippen LogP contribution in [0.2, 0.25) is 0 Å². The standard InChI is InChI=1S/C21H21FN4O2/c22-17-6-2-4-8-19(17)23-20(27)15-11-9-14(10-12-15)13-26-21(28)16-5-1-3-7-18(16)24-25-26/h1-8,14-15H,9-13H2,(H,23,27). The molecule has 1 fully saturated rings. The van der Waals surface area contributed by atoms with Gasteiger partial charge in [-0.25, -0.2) is 9.07 Å². The maximum Gasteiger partial charge on any atom is 0.277 e. The third-order valence-corrected chi connectivity index (χ3v) is 5.41. The van der Waals surface area contributed by atoms with Gasteiger partial charge in [0.05, 0.1) is 11.1 Å². The van der Waals surface area contributed by atoms with E-state index in [-0.39, 0.29) is 29.0 Å². The summed E-state index contributed by atoms with van der Waals surface area (Å²) in [6.45, 7) is 0.498. The summed E-state index contributed by atoms with van der Waals surface area (Å²) in [4.78, 5) is 25.0. The van der Waals surface area contributed by atoms with Crippen molar-refractivity contribution in [3.63, 3.8) is 0 Å². The Kier molecular flexibility index (Phi) is 5.14. The molecule has 28 heavy (non-hydrogen) atoms. The van der Waals surface area contributed by atoms with E-state index in [2.05, 4.69) is 15.6 Å². The number of fused-ring (bicyclic) bond motifs is 1. The number of rotatable bonds is 4. The first-order valence-corrected chi connectivity index (χ1v) is 9.50. The predicted octanol–water partition coefficient (Wildman–Crippen LogP) is 3.38. The molecule has 0 atom stereocenters. The van der Waals surface area contributed by atoms with Gasteiger partial charge in [-0.2, -0.15) is 0 Å². The minimum atomic E-state index is -0.432. The van der Waals surface area contributed by atoms with Gasteiger partial charge in [0, 0.05) is 12.5 Å². The number of hydrogen-bond acceptors (Lipinski definition) is 4. The molecule has 0 saturated heterocycles. The first kappa shape index (κ1) is 18.3. The van der Waals surface area contributed by atoms with Gasteiger partial charge in [-0.1, -0.05) is 29.5 Å². The average molecular weight is 380 g/mol. The van der Waals surface area contributed by atoms with Crippen molar-refractivity contribution in [1.82, 2.24) is 15.0 Å². The molecule has 6 nitrogen and oxygen atoms in total. The van der Waals surface area contributed by atoms with Crippen molar-refractivity contribution in [1.29, 1.82) is 0 Å². The van der Waals surface area contributed by atoms with Gasteiger partial charge in [0.1, 0.15) is 11.3 Å². The SMILES string of the molecule is O=C(Nc1ccccc1F)C1CCC(Cn2nnc3ccccc3c2=O)CC1. The minimum absolute atomic E-state index is 0.134. The zero-order valence-corrected chi connectivity index (χ0v) is 15.3. The fourth-order valence-electron chi connectivity index (χ4n) is 3.79. The molecule has 4 rings (SSSR count). The number of amides is 1. The highest BCUT2D eigenvalue weighted by Crippen LogP contribution is 2.30. The molecule has 1 heterocycles. The number of hydrogen-bond donors (Lipinski definition) is 1. The lowest BCUT2D eigenvalue weighted by atomic mass is 9.81. The van der Waals surface area contributed by atoms with Crippen molar-refractivity contribution in [2.45, 2.75) is 32.2 Å². The van der Waals surface area contributed by atoms with Crippen molar-refractivity contribution >= 4 is 22.5 Å². The van der Waals surface area contributed by atoms with Gasteiger partial charge in [0.15, 0.2) is 0 Å². The van der Waals surface area contributed by atoms with E-state index in [1.54, 1.807) is 30.3 Å². The molecule has 1 aromatic heterocycles. The molecule has 1 N–H and O–H groups in total. The second-order valence-corrected chi connectivity index (χ2v) is 7.28. The van der Waals surface area contributed by atoms with Gasteiger partial charge >= 0.3 is 0 Å². The van der Waals surface area contributed by atoms with Gasteiger partial charge in [0.25, 0.3) is 5.56 Å². The Bertz CT molecular complexity index is 1060. The summed E-state index contributed by atoms with van der Waals surface area (Å²) in [7, 11) is 0. The van der Waals surface area contributed by atoms with Crippen LogP contribution in [0.3, 0.4) is 0 Å². The molecule has 2 aromatic carbocycles. The summed E-state index contributed by atoms with van der Waals surface area (Å²) >= 11 is 0. The molecule has 1 saturated carbocycles. The highest BCUT2D eigenvalue weighted by Gasteiger charge is 2.27. The van der Waals surface area contributed by atoms with E-state index < -0.39 is 5.82 Å². The van der Waals surface area contributed by atoms with E-state index >= 15 is 0 Å². The Morgan fingerprint density at radius 1 is 1.07 bits per heavy atom. The second-order valence-electron chi connectivity index (χ2n) is 7.28. The number of halogens is 1. The molecule has 1 aliphatic rings. The molecule has 1 amide bonds. The molecule has 1 aliphatic carbocycles. The quantitative estimate of drug-likeness (QED) is 0.753. The Morgan fingerprint density at radius 2 is 1.79 bits per heavy atom. The maximum atomic E-state index is 13.7. The summed E-state index contributed by atoms with van der Waals surface area (Å²) in [6, 6.07) is 13.3. The van der Waals surface area contributed by atoms with Crippen LogP contribution in [-0.2, 0) is 11.3 Å². The molecule has 0 bridgehead atoms. The normalized spacial score (nSPS) is 19.5. The van der Waals surface area contributed by atoms with Crippen molar-refractivity contribution in [3.8, 4) is 0 Å². The van der Waals surface area contributed by atoms with Crippen LogP contribution in [0.1, 0.15) is 25.7 Å². The smallest absolute Gasteiger partial charge is 0.277 e. The van der Waals surface area contributed by atoms with Crippen molar-refractivity contribution in [2.75, 3.05) is 5.32 Å². The summed E-state index contributed by atoms with van der Waals surface area (Å²) in [5.41, 5.74) is 0.676. The van der Waals surface area contributed by atoms with Gasteiger partial charge < -0.3 is 5.32 Å². The molecule has 3 aromatic rings. The van der Waals surface area contributed by atoms with E-state index in [4.69, 9.17) is 0 Å². The second kappa shape index (κ2) is 7.88. The number of benzene rings is 2. The van der Waals surface area contributed by atoms with Crippen LogP contribution in [0.5, 0.6) is 0 Å². The minimum Gasteiger partial charge on any atom is -0.323 e. The molecule has 0 aliphatic heterocycles. The van der Waals surface area contributed by atoms with Crippen LogP contribution in [0.15, 0.2) is 53.3 Å². The first-order valence-electron chi connectivity index (χ1n) is 9.50. The largest absolute Gasteiger partial charge is 0.323 e.